The van der Waals surface area contributed by atoms with Crippen LogP contribution in [0, 0.1) is 0 Å². The van der Waals surface area contributed by atoms with Gasteiger partial charge in [0.05, 0.1) is 12.8 Å². The molecule has 1 aromatic carbocycles. The average molecular weight is 557 g/mol. The monoisotopic (exact) mass is 556 g/mol. The van der Waals surface area contributed by atoms with Gasteiger partial charge in [0, 0.05) is 51.9 Å². The number of hydrogen-bond acceptors (Lipinski definition) is 10. The van der Waals surface area contributed by atoms with Crippen LogP contribution in [0.2, 0.25) is 0 Å². The van der Waals surface area contributed by atoms with Gasteiger partial charge in [0.1, 0.15) is 18.0 Å². The number of nitrogens with one attached hydrogen (secondary N) is 1. The second-order valence-electron chi connectivity index (χ2n) is 9.03. The third kappa shape index (κ3) is 5.42. The Hall–Kier alpha value is -3.37. The van der Waals surface area contributed by atoms with E-state index < -0.39 is 22.1 Å². The lowest BCUT2D eigenvalue weighted by molar-refractivity contribution is -0.274. The Morgan fingerprint density at radius 3 is 2.66 bits per heavy atom. The van der Waals surface area contributed by atoms with Gasteiger partial charge in [0.25, 0.3) is 0 Å². The van der Waals surface area contributed by atoms with Crippen LogP contribution >= 0.6 is 0 Å². The number of halogens is 3. The van der Waals surface area contributed by atoms with E-state index in [1.165, 1.54) is 27.0 Å². The molecule has 5 rings (SSSR count). The molecule has 0 aliphatic carbocycles. The van der Waals surface area contributed by atoms with Gasteiger partial charge < -0.3 is 19.7 Å². The van der Waals surface area contributed by atoms with Crippen molar-refractivity contribution in [1.82, 2.24) is 30.0 Å². The van der Waals surface area contributed by atoms with E-state index in [4.69, 9.17) is 4.74 Å². The van der Waals surface area contributed by atoms with Gasteiger partial charge in [-0.2, -0.15) is 4.52 Å². The molecule has 1 fully saturated rings. The van der Waals surface area contributed by atoms with E-state index >= 15 is 0 Å². The average Bonchev–Trinajstić information content (AvgIpc) is 3.27. The topological polar surface area (TPSA) is 117 Å². The van der Waals surface area contributed by atoms with Crippen molar-refractivity contribution >= 4 is 27.2 Å². The third-order valence-corrected chi connectivity index (χ3v) is 7.47. The molecule has 1 saturated heterocycles. The van der Waals surface area contributed by atoms with Crippen LogP contribution in [0.25, 0.3) is 17.0 Å². The number of hydrogen-bond donors (Lipinski definition) is 1. The van der Waals surface area contributed by atoms with Gasteiger partial charge in [0.2, 0.25) is 21.5 Å². The summed E-state index contributed by atoms with van der Waals surface area (Å²) in [6.07, 6.45) is -3.77. The molecule has 3 aromatic rings. The summed E-state index contributed by atoms with van der Waals surface area (Å²) in [6, 6.07) is 5.27. The summed E-state index contributed by atoms with van der Waals surface area (Å²) in [5.41, 5.74) is 1.01. The first-order chi connectivity index (χ1) is 18.0. The van der Waals surface area contributed by atoms with E-state index in [0.717, 1.165) is 32.4 Å². The fourth-order valence-corrected chi connectivity index (χ4v) is 5.36. The van der Waals surface area contributed by atoms with Crippen LogP contribution in [-0.4, -0.2) is 105 Å². The van der Waals surface area contributed by atoms with Gasteiger partial charge in [-0.3, -0.25) is 4.90 Å². The SMILES string of the molecule is CN1CCOc2c(N(CCN3CCNCC3)S(C)(=O)=O)nn3c(-c4cccc(OC(F)(F)F)c4)nnc3c21. The first-order valence-electron chi connectivity index (χ1n) is 11.9. The number of nitrogens with zero attached hydrogens (tertiary/aromatic N) is 7. The number of fused-ring (bicyclic) bond motifs is 3. The number of piperazine rings is 1. The van der Waals surface area contributed by atoms with Crippen molar-refractivity contribution in [3.8, 4) is 22.9 Å². The molecule has 16 heteroatoms. The lowest BCUT2D eigenvalue weighted by Gasteiger charge is -2.33. The summed E-state index contributed by atoms with van der Waals surface area (Å²) in [7, 11) is -1.99. The van der Waals surface area contributed by atoms with E-state index in [1.807, 2.05) is 11.9 Å². The molecule has 2 aromatic heterocycles. The van der Waals surface area contributed by atoms with Crippen molar-refractivity contribution in [2.75, 3.05) is 74.9 Å². The van der Waals surface area contributed by atoms with E-state index in [2.05, 4.69) is 30.2 Å². The maximum atomic E-state index is 13.0. The number of rotatable bonds is 7. The standard InChI is InChI=1S/C22H27F3N8O4S/c1-30-12-13-36-18-17(30)20-28-27-19(15-4-3-5-16(14-15)37-22(23,24)25)33(20)29-21(18)32(38(2,34)35)11-10-31-8-6-26-7-9-31/h3-5,14,26H,6-13H2,1-2H3. The lowest BCUT2D eigenvalue weighted by atomic mass is 10.2. The van der Waals surface area contributed by atoms with Gasteiger partial charge in [-0.05, 0) is 12.1 Å². The van der Waals surface area contributed by atoms with E-state index in [-0.39, 0.29) is 35.1 Å². The highest BCUT2D eigenvalue weighted by molar-refractivity contribution is 7.92. The Balaban J connectivity index is 1.62. The highest BCUT2D eigenvalue weighted by Crippen LogP contribution is 2.42. The van der Waals surface area contributed by atoms with Crippen molar-refractivity contribution in [1.29, 1.82) is 0 Å². The Morgan fingerprint density at radius 2 is 1.95 bits per heavy atom. The molecule has 0 spiro atoms. The maximum absolute atomic E-state index is 13.0. The van der Waals surface area contributed by atoms with Crippen molar-refractivity contribution in [3.05, 3.63) is 24.3 Å². The normalized spacial score (nSPS) is 16.8. The van der Waals surface area contributed by atoms with Gasteiger partial charge >= 0.3 is 6.36 Å². The van der Waals surface area contributed by atoms with Gasteiger partial charge in [-0.25, -0.2) is 12.7 Å². The third-order valence-electron chi connectivity index (χ3n) is 6.31. The maximum Gasteiger partial charge on any atom is 0.573 e. The summed E-state index contributed by atoms with van der Waals surface area (Å²) in [5.74, 6) is -0.00380. The summed E-state index contributed by atoms with van der Waals surface area (Å²) in [6.45, 7) is 4.61. The van der Waals surface area contributed by atoms with Gasteiger partial charge in [0.15, 0.2) is 11.6 Å². The second kappa shape index (κ2) is 10.1. The summed E-state index contributed by atoms with van der Waals surface area (Å²) in [4.78, 5) is 4.01. The molecule has 2 aliphatic rings. The van der Waals surface area contributed by atoms with E-state index in [0.29, 0.717) is 25.4 Å². The highest BCUT2D eigenvalue weighted by atomic mass is 32.2. The van der Waals surface area contributed by atoms with Crippen LogP contribution < -0.4 is 24.0 Å². The molecule has 0 atom stereocenters. The number of benzene rings is 1. The minimum atomic E-state index is -4.86. The first kappa shape index (κ1) is 26.2. The Morgan fingerprint density at radius 1 is 1.18 bits per heavy atom. The highest BCUT2D eigenvalue weighted by Gasteiger charge is 2.34. The smallest absolute Gasteiger partial charge is 0.486 e. The minimum Gasteiger partial charge on any atom is -0.486 e. The quantitative estimate of drug-likeness (QED) is 0.455. The van der Waals surface area contributed by atoms with Crippen LogP contribution in [0.15, 0.2) is 24.3 Å². The number of anilines is 2. The van der Waals surface area contributed by atoms with Crippen LogP contribution in [-0.2, 0) is 10.0 Å². The Kier molecular flexibility index (Phi) is 6.96. The van der Waals surface area contributed by atoms with E-state index in [9.17, 15) is 21.6 Å². The van der Waals surface area contributed by atoms with Crippen LogP contribution in [0.3, 0.4) is 0 Å². The van der Waals surface area contributed by atoms with Crippen LogP contribution in [0.5, 0.6) is 11.5 Å². The predicted molar refractivity (Wildman–Crippen MR) is 133 cm³/mol. The molecule has 0 radical (unpaired) electrons. The lowest BCUT2D eigenvalue weighted by Crippen LogP contribution is -2.47. The Bertz CT molecular complexity index is 1430. The number of sulfonamides is 1. The molecule has 0 saturated carbocycles. The zero-order chi connectivity index (χ0) is 27.1. The molecule has 206 valence electrons. The van der Waals surface area contributed by atoms with Crippen molar-refractivity contribution in [2.24, 2.45) is 0 Å². The molecule has 12 nitrogen and oxygen atoms in total. The first-order valence-corrected chi connectivity index (χ1v) is 13.8. The number of ether oxygens (including phenoxy) is 2. The zero-order valence-corrected chi connectivity index (χ0v) is 21.6. The summed E-state index contributed by atoms with van der Waals surface area (Å²) in [5, 5.41) is 16.3. The van der Waals surface area contributed by atoms with Crippen LogP contribution in [0.4, 0.5) is 24.7 Å². The van der Waals surface area contributed by atoms with Crippen LogP contribution in [0.1, 0.15) is 0 Å². The zero-order valence-electron chi connectivity index (χ0n) is 20.8. The molecule has 38 heavy (non-hydrogen) atoms. The van der Waals surface area contributed by atoms with Gasteiger partial charge in [-0.1, -0.05) is 12.1 Å². The van der Waals surface area contributed by atoms with E-state index in [1.54, 1.807) is 6.07 Å². The molecule has 0 bridgehead atoms. The Labute approximate surface area is 217 Å². The fourth-order valence-electron chi connectivity index (χ4n) is 4.51. The van der Waals surface area contributed by atoms with Gasteiger partial charge in [-0.15, -0.1) is 28.5 Å². The van der Waals surface area contributed by atoms with Crippen molar-refractivity contribution in [2.45, 2.75) is 6.36 Å². The summed E-state index contributed by atoms with van der Waals surface area (Å²) >= 11 is 0. The molecular weight excluding hydrogens is 529 g/mol. The largest absolute Gasteiger partial charge is 0.573 e. The number of alkyl halides is 3. The molecule has 2 aliphatic heterocycles. The second-order valence-corrected chi connectivity index (χ2v) is 10.9. The summed E-state index contributed by atoms with van der Waals surface area (Å²) < 4.78 is 76.9. The molecular formula is C22H27F3N8O4S. The predicted octanol–water partition coefficient (Wildman–Crippen LogP) is 1.19. The van der Waals surface area contributed by atoms with Crippen molar-refractivity contribution < 1.29 is 31.1 Å². The molecule has 0 amide bonds. The molecule has 4 heterocycles. The molecule has 0 unspecified atom stereocenters. The molecule has 1 N–H and O–H groups in total. The number of likely N-dealkylation sites (N-methyl/N-ethyl adjacent to an activating group) is 1. The minimum absolute atomic E-state index is 0.0560. The fraction of sp³-hybridized carbons (Fsp3) is 0.500. The van der Waals surface area contributed by atoms with Crippen molar-refractivity contribution in [3.63, 3.8) is 0 Å². The number of aromatic nitrogens is 4.